The lowest BCUT2D eigenvalue weighted by Gasteiger charge is -2.28. The average Bonchev–Trinajstić information content (AvgIpc) is 2.74. The second-order valence-corrected chi connectivity index (χ2v) is 9.07. The molecule has 0 saturated heterocycles. The summed E-state index contributed by atoms with van der Waals surface area (Å²) in [6, 6.07) is 21.9. The molecule has 0 radical (unpaired) electrons. The molecule has 4 rings (SSSR count). The third kappa shape index (κ3) is 4.84. The van der Waals surface area contributed by atoms with Gasteiger partial charge in [0.25, 0.3) is 10.1 Å². The van der Waals surface area contributed by atoms with Gasteiger partial charge in [0.1, 0.15) is 0 Å². The highest BCUT2D eigenvalue weighted by atomic mass is 32.2. The highest BCUT2D eigenvalue weighted by Gasteiger charge is 2.16. The Labute approximate surface area is 176 Å². The molecule has 1 heterocycles. The second kappa shape index (κ2) is 8.52. The summed E-state index contributed by atoms with van der Waals surface area (Å²) in [7, 11) is -4.22. The number of carbonyl (C=O) groups is 1. The van der Waals surface area contributed by atoms with Gasteiger partial charge in [-0.25, -0.2) is 0 Å². The Balaban J connectivity index is 1.37. The van der Waals surface area contributed by atoms with Gasteiger partial charge in [0.05, 0.1) is 4.90 Å². The molecule has 0 unspecified atom stereocenters. The molecule has 0 aliphatic carbocycles. The van der Waals surface area contributed by atoms with Crippen molar-refractivity contribution in [3.63, 3.8) is 0 Å². The quantitative estimate of drug-likeness (QED) is 0.482. The van der Waals surface area contributed by atoms with Crippen molar-refractivity contribution in [1.82, 2.24) is 4.90 Å². The SMILES string of the molecule is O=C(Cc1ccc(S(=O)(=O)O)cc1)c1ccc(CN2CCc3ccccc3C2)cc1. The van der Waals surface area contributed by atoms with Gasteiger partial charge >= 0.3 is 0 Å². The monoisotopic (exact) mass is 421 g/mol. The molecule has 0 atom stereocenters. The summed E-state index contributed by atoms with van der Waals surface area (Å²) in [5.41, 5.74) is 5.31. The number of hydrogen-bond acceptors (Lipinski definition) is 4. The summed E-state index contributed by atoms with van der Waals surface area (Å²) >= 11 is 0. The molecule has 0 aromatic heterocycles. The van der Waals surface area contributed by atoms with E-state index in [1.807, 2.05) is 24.3 Å². The van der Waals surface area contributed by atoms with Crippen molar-refractivity contribution < 1.29 is 17.8 Å². The maximum absolute atomic E-state index is 12.6. The summed E-state index contributed by atoms with van der Waals surface area (Å²) < 4.78 is 31.3. The highest BCUT2D eigenvalue weighted by Crippen LogP contribution is 2.20. The van der Waals surface area contributed by atoms with Crippen molar-refractivity contribution in [3.05, 3.63) is 101 Å². The molecule has 0 spiro atoms. The average molecular weight is 422 g/mol. The lowest BCUT2D eigenvalue weighted by Crippen LogP contribution is -2.29. The molecular weight excluding hydrogens is 398 g/mol. The van der Waals surface area contributed by atoms with Crippen LogP contribution in [0.5, 0.6) is 0 Å². The molecule has 6 heteroatoms. The van der Waals surface area contributed by atoms with Crippen LogP contribution in [0.25, 0.3) is 0 Å². The largest absolute Gasteiger partial charge is 0.294 e. The molecule has 0 saturated carbocycles. The fourth-order valence-corrected chi connectivity index (χ4v) is 4.29. The molecular formula is C24H23NO4S. The van der Waals surface area contributed by atoms with Crippen LogP contribution in [0.15, 0.2) is 77.7 Å². The van der Waals surface area contributed by atoms with E-state index in [-0.39, 0.29) is 17.1 Å². The van der Waals surface area contributed by atoms with Gasteiger partial charge in [-0.15, -0.1) is 0 Å². The molecule has 0 amide bonds. The Hall–Kier alpha value is -2.80. The zero-order chi connectivity index (χ0) is 21.1. The molecule has 5 nitrogen and oxygen atoms in total. The van der Waals surface area contributed by atoms with Gasteiger partial charge in [-0.2, -0.15) is 8.42 Å². The lowest BCUT2D eigenvalue weighted by atomic mass is 9.99. The first-order chi connectivity index (χ1) is 14.4. The van der Waals surface area contributed by atoms with Crippen molar-refractivity contribution in [3.8, 4) is 0 Å². The van der Waals surface area contributed by atoms with E-state index in [0.29, 0.717) is 11.1 Å². The van der Waals surface area contributed by atoms with Crippen molar-refractivity contribution >= 4 is 15.9 Å². The first kappa shape index (κ1) is 20.5. The van der Waals surface area contributed by atoms with Crippen LogP contribution in [-0.4, -0.2) is 30.2 Å². The summed E-state index contributed by atoms with van der Waals surface area (Å²) in [4.78, 5) is 14.8. The second-order valence-electron chi connectivity index (χ2n) is 7.65. The molecule has 1 N–H and O–H groups in total. The molecule has 0 bridgehead atoms. The smallest absolute Gasteiger partial charge is 0.294 e. The van der Waals surface area contributed by atoms with Gasteiger partial charge in [-0.3, -0.25) is 14.2 Å². The number of benzene rings is 3. The third-order valence-corrected chi connectivity index (χ3v) is 6.35. The van der Waals surface area contributed by atoms with Gasteiger partial charge in [0.2, 0.25) is 0 Å². The van der Waals surface area contributed by atoms with Crippen LogP contribution in [-0.2, 0) is 36.0 Å². The van der Waals surface area contributed by atoms with Gasteiger partial charge in [0, 0.05) is 31.6 Å². The van der Waals surface area contributed by atoms with Crippen LogP contribution in [0.4, 0.5) is 0 Å². The molecule has 3 aromatic rings. The number of ketones is 1. The maximum atomic E-state index is 12.6. The van der Waals surface area contributed by atoms with E-state index in [0.717, 1.165) is 26.1 Å². The Morgan fingerprint density at radius 2 is 1.50 bits per heavy atom. The van der Waals surface area contributed by atoms with Crippen molar-refractivity contribution in [2.45, 2.75) is 30.8 Å². The summed E-state index contributed by atoms with van der Waals surface area (Å²) in [5, 5.41) is 0. The first-order valence-corrected chi connectivity index (χ1v) is 11.3. The minimum Gasteiger partial charge on any atom is -0.294 e. The Morgan fingerprint density at radius 1 is 0.867 bits per heavy atom. The van der Waals surface area contributed by atoms with E-state index in [4.69, 9.17) is 4.55 Å². The van der Waals surface area contributed by atoms with Crippen LogP contribution >= 0.6 is 0 Å². The van der Waals surface area contributed by atoms with E-state index < -0.39 is 10.1 Å². The number of nitrogens with zero attached hydrogens (tertiary/aromatic N) is 1. The summed E-state index contributed by atoms with van der Waals surface area (Å²) in [5.74, 6) is -0.0342. The molecule has 30 heavy (non-hydrogen) atoms. The number of hydrogen-bond donors (Lipinski definition) is 1. The number of rotatable bonds is 6. The van der Waals surface area contributed by atoms with Crippen molar-refractivity contribution in [1.29, 1.82) is 0 Å². The van der Waals surface area contributed by atoms with Crippen LogP contribution < -0.4 is 0 Å². The summed E-state index contributed by atoms with van der Waals surface area (Å²) in [6.07, 6.45) is 1.23. The van der Waals surface area contributed by atoms with Gasteiger partial charge in [-0.05, 0) is 40.8 Å². The molecule has 1 aliphatic heterocycles. The first-order valence-electron chi connectivity index (χ1n) is 9.86. The van der Waals surface area contributed by atoms with Gasteiger partial charge in [0.15, 0.2) is 5.78 Å². The summed E-state index contributed by atoms with van der Waals surface area (Å²) in [6.45, 7) is 2.81. The van der Waals surface area contributed by atoms with E-state index >= 15 is 0 Å². The standard InChI is InChI=1S/C24H23NO4S/c26-24(15-18-7-11-23(12-8-18)30(27,28)29)21-9-5-19(6-10-21)16-25-14-13-20-3-1-2-4-22(20)17-25/h1-12H,13-17H2,(H,27,28,29). The fraction of sp³-hybridized carbons (Fsp3) is 0.208. The van der Waals surface area contributed by atoms with Crippen LogP contribution in [0.3, 0.4) is 0 Å². The number of carbonyl (C=O) groups excluding carboxylic acids is 1. The third-order valence-electron chi connectivity index (χ3n) is 5.48. The lowest BCUT2D eigenvalue weighted by molar-refractivity contribution is 0.0993. The number of Topliss-reactive ketones (excluding diaryl/α,β-unsaturated/α-hetero) is 1. The van der Waals surface area contributed by atoms with Crippen molar-refractivity contribution in [2.75, 3.05) is 6.54 Å². The minimum absolute atomic E-state index is 0.0342. The van der Waals surface area contributed by atoms with Crippen LogP contribution in [0, 0.1) is 0 Å². The normalized spacial score (nSPS) is 14.3. The molecule has 154 valence electrons. The Bertz CT molecular complexity index is 1150. The molecule has 1 aliphatic rings. The topological polar surface area (TPSA) is 74.7 Å². The van der Waals surface area contributed by atoms with Crippen LogP contribution in [0.2, 0.25) is 0 Å². The number of fused-ring (bicyclic) bond motifs is 1. The molecule has 3 aromatic carbocycles. The van der Waals surface area contributed by atoms with E-state index in [1.165, 1.54) is 28.8 Å². The van der Waals surface area contributed by atoms with E-state index in [2.05, 4.69) is 29.2 Å². The Morgan fingerprint density at radius 3 is 2.17 bits per heavy atom. The van der Waals surface area contributed by atoms with Gasteiger partial charge in [-0.1, -0.05) is 60.7 Å². The van der Waals surface area contributed by atoms with Gasteiger partial charge < -0.3 is 0 Å². The molecule has 0 fully saturated rings. The predicted molar refractivity (Wildman–Crippen MR) is 115 cm³/mol. The predicted octanol–water partition coefficient (Wildman–Crippen LogP) is 3.92. The zero-order valence-corrected chi connectivity index (χ0v) is 17.3. The van der Waals surface area contributed by atoms with Crippen molar-refractivity contribution in [2.24, 2.45) is 0 Å². The van der Waals surface area contributed by atoms with E-state index in [9.17, 15) is 13.2 Å². The van der Waals surface area contributed by atoms with Crippen LogP contribution in [0.1, 0.15) is 32.6 Å². The minimum atomic E-state index is -4.22. The Kier molecular flexibility index (Phi) is 5.81. The highest BCUT2D eigenvalue weighted by molar-refractivity contribution is 7.85. The maximum Gasteiger partial charge on any atom is 0.294 e. The zero-order valence-electron chi connectivity index (χ0n) is 16.5. The fourth-order valence-electron chi connectivity index (χ4n) is 3.81. The van der Waals surface area contributed by atoms with E-state index in [1.54, 1.807) is 12.1 Å².